The summed E-state index contributed by atoms with van der Waals surface area (Å²) in [6.07, 6.45) is 3.17. The van der Waals surface area contributed by atoms with Crippen LogP contribution in [0.5, 0.6) is 0 Å². The molecule has 0 spiro atoms. The molecule has 0 aromatic heterocycles. The second-order valence-electron chi connectivity index (χ2n) is 2.17. The van der Waals surface area contributed by atoms with Crippen LogP contribution in [0.15, 0.2) is 24.3 Å². The van der Waals surface area contributed by atoms with Crippen molar-refractivity contribution in [2.24, 2.45) is 0 Å². The van der Waals surface area contributed by atoms with E-state index in [1.807, 2.05) is 0 Å². The van der Waals surface area contributed by atoms with Gasteiger partial charge in [-0.25, -0.2) is 9.59 Å². The zero-order valence-electron chi connectivity index (χ0n) is 7.29. The van der Waals surface area contributed by atoms with E-state index in [1.54, 1.807) is 13.8 Å². The van der Waals surface area contributed by atoms with Gasteiger partial charge in [0.2, 0.25) is 0 Å². The first-order valence-corrected chi connectivity index (χ1v) is 3.68. The first-order valence-electron chi connectivity index (χ1n) is 3.68. The molecule has 74 valence electrons. The number of rotatable bonds is 3. The summed E-state index contributed by atoms with van der Waals surface area (Å²) < 4.78 is 4.38. The van der Waals surface area contributed by atoms with Crippen LogP contribution in [0.2, 0.25) is 0 Å². The molecule has 0 heterocycles. The maximum Gasteiger partial charge on any atom is 0.341 e. The molecule has 0 bridgehead atoms. The second kappa shape index (κ2) is 11.2. The fourth-order valence-corrected chi connectivity index (χ4v) is 0.478. The standard InChI is InChI=1S/C9H12O3.2Mg.4H/c1-4-6-8(10)12-9(11)7(3)5-2;;;;;;/h4,6H,3,5H2,1-2H3;;;;;;. The molecule has 0 atom stereocenters. The number of ether oxygens (including phenoxy) is 1. The van der Waals surface area contributed by atoms with E-state index in [0.29, 0.717) is 12.0 Å². The topological polar surface area (TPSA) is 43.4 Å². The van der Waals surface area contributed by atoms with Gasteiger partial charge < -0.3 is 4.74 Å². The Morgan fingerprint density at radius 1 is 1.36 bits per heavy atom. The van der Waals surface area contributed by atoms with Crippen LogP contribution in [0.1, 0.15) is 20.3 Å². The summed E-state index contributed by atoms with van der Waals surface area (Å²) in [5.74, 6) is -1.31. The zero-order valence-corrected chi connectivity index (χ0v) is 7.29. The summed E-state index contributed by atoms with van der Waals surface area (Å²) in [5, 5.41) is 0. The lowest BCUT2D eigenvalue weighted by molar-refractivity contribution is -0.153. The van der Waals surface area contributed by atoms with Crippen molar-refractivity contribution in [2.45, 2.75) is 20.3 Å². The lowest BCUT2D eigenvalue weighted by Crippen LogP contribution is -2.11. The number of esters is 2. The highest BCUT2D eigenvalue weighted by Crippen LogP contribution is 1.99. The maximum atomic E-state index is 10.9. The van der Waals surface area contributed by atoms with Crippen molar-refractivity contribution < 1.29 is 14.3 Å². The van der Waals surface area contributed by atoms with Crippen molar-refractivity contribution in [1.82, 2.24) is 0 Å². The van der Waals surface area contributed by atoms with Crippen LogP contribution >= 0.6 is 0 Å². The van der Waals surface area contributed by atoms with Crippen molar-refractivity contribution in [3.63, 3.8) is 0 Å². The smallest absolute Gasteiger partial charge is 0.341 e. The predicted octanol–water partition coefficient (Wildman–Crippen LogP) is -0.234. The molecule has 0 saturated heterocycles. The van der Waals surface area contributed by atoms with Gasteiger partial charge in [0.15, 0.2) is 0 Å². The molecule has 14 heavy (non-hydrogen) atoms. The zero-order chi connectivity index (χ0) is 9.56. The average Bonchev–Trinajstić information content (AvgIpc) is 2.03. The molecule has 0 unspecified atom stereocenters. The number of allylic oxidation sites excluding steroid dienone is 1. The van der Waals surface area contributed by atoms with Crippen molar-refractivity contribution in [1.29, 1.82) is 0 Å². The minimum atomic E-state index is -0.655. The lowest BCUT2D eigenvalue weighted by atomic mass is 10.2. The van der Waals surface area contributed by atoms with Crippen LogP contribution in [0, 0.1) is 0 Å². The largest absolute Gasteiger partial charge is 0.386 e. The van der Waals surface area contributed by atoms with Gasteiger partial charge in [-0.3, -0.25) is 0 Å². The van der Waals surface area contributed by atoms with Crippen molar-refractivity contribution in [3.8, 4) is 0 Å². The Bertz CT molecular complexity index is 234. The normalized spacial score (nSPS) is 8.43. The van der Waals surface area contributed by atoms with E-state index in [1.165, 1.54) is 12.2 Å². The van der Waals surface area contributed by atoms with Crippen LogP contribution in [-0.4, -0.2) is 58.0 Å². The van der Waals surface area contributed by atoms with E-state index in [2.05, 4.69) is 11.3 Å². The summed E-state index contributed by atoms with van der Waals surface area (Å²) in [6, 6.07) is 0. The van der Waals surface area contributed by atoms with Crippen LogP contribution in [-0.2, 0) is 14.3 Å². The minimum absolute atomic E-state index is 0. The number of hydrogen-bond donors (Lipinski definition) is 0. The highest BCUT2D eigenvalue weighted by atomic mass is 24.3. The molecule has 0 amide bonds. The molecule has 0 radical (unpaired) electrons. The molecule has 0 N–H and O–H groups in total. The van der Waals surface area contributed by atoms with Gasteiger partial charge in [0.05, 0.1) is 0 Å². The fraction of sp³-hybridized carbons (Fsp3) is 0.333. The van der Waals surface area contributed by atoms with Crippen molar-refractivity contribution in [3.05, 3.63) is 24.3 Å². The van der Waals surface area contributed by atoms with E-state index in [9.17, 15) is 9.59 Å². The first kappa shape index (κ1) is 19.7. The molecule has 0 aliphatic rings. The third-order valence-electron chi connectivity index (χ3n) is 1.21. The van der Waals surface area contributed by atoms with Crippen LogP contribution in [0.4, 0.5) is 0 Å². The van der Waals surface area contributed by atoms with Crippen LogP contribution < -0.4 is 0 Å². The molecule has 3 nitrogen and oxygen atoms in total. The Kier molecular flexibility index (Phi) is 15.8. The molecule has 0 aromatic carbocycles. The first-order chi connectivity index (χ1) is 5.61. The third kappa shape index (κ3) is 8.74. The molecular weight excluding hydrogens is 205 g/mol. The maximum absolute atomic E-state index is 10.9. The van der Waals surface area contributed by atoms with Gasteiger partial charge in [0.1, 0.15) is 0 Å². The molecular formula is C9H16Mg2O3. The number of carbonyl (C=O) groups excluding carboxylic acids is 2. The minimum Gasteiger partial charge on any atom is -0.386 e. The second-order valence-corrected chi connectivity index (χ2v) is 2.17. The van der Waals surface area contributed by atoms with Crippen molar-refractivity contribution in [2.75, 3.05) is 0 Å². The summed E-state index contributed by atoms with van der Waals surface area (Å²) in [6.45, 7) is 6.87. The van der Waals surface area contributed by atoms with E-state index >= 15 is 0 Å². The molecule has 0 aliphatic carbocycles. The van der Waals surface area contributed by atoms with E-state index < -0.39 is 11.9 Å². The molecule has 0 aromatic rings. The predicted molar refractivity (Wildman–Crippen MR) is 62.4 cm³/mol. The van der Waals surface area contributed by atoms with Gasteiger partial charge in [-0.2, -0.15) is 0 Å². The van der Waals surface area contributed by atoms with Gasteiger partial charge in [0, 0.05) is 11.6 Å². The molecule has 0 rings (SSSR count). The van der Waals surface area contributed by atoms with Gasteiger partial charge in [-0.1, -0.05) is 19.6 Å². The van der Waals surface area contributed by atoms with Crippen LogP contribution in [0.25, 0.3) is 0 Å². The number of carbonyl (C=O) groups is 2. The Balaban J connectivity index is -0.000000605. The molecule has 0 fully saturated rings. The number of hydrogen-bond acceptors (Lipinski definition) is 3. The van der Waals surface area contributed by atoms with Gasteiger partial charge >= 0.3 is 58.0 Å². The van der Waals surface area contributed by atoms with Gasteiger partial charge in [-0.05, 0) is 13.3 Å². The summed E-state index contributed by atoms with van der Waals surface area (Å²) in [7, 11) is 0. The van der Waals surface area contributed by atoms with E-state index in [0.717, 1.165) is 0 Å². The summed E-state index contributed by atoms with van der Waals surface area (Å²) >= 11 is 0. The Labute approximate surface area is 116 Å². The van der Waals surface area contributed by atoms with Gasteiger partial charge in [-0.15, -0.1) is 0 Å². The van der Waals surface area contributed by atoms with Gasteiger partial charge in [0.25, 0.3) is 0 Å². The summed E-state index contributed by atoms with van der Waals surface area (Å²) in [4.78, 5) is 21.6. The monoisotopic (exact) mass is 220 g/mol. The van der Waals surface area contributed by atoms with Crippen molar-refractivity contribution >= 4 is 58.0 Å². The quantitative estimate of drug-likeness (QED) is 0.286. The Morgan fingerprint density at radius 3 is 2.21 bits per heavy atom. The Hall–Kier alpha value is 0.152. The molecule has 0 saturated carbocycles. The average molecular weight is 221 g/mol. The summed E-state index contributed by atoms with van der Waals surface area (Å²) in [5.41, 5.74) is 0.299. The molecule has 0 aliphatic heterocycles. The molecule has 5 heteroatoms. The Morgan fingerprint density at radius 2 is 1.86 bits per heavy atom. The van der Waals surface area contributed by atoms with Crippen LogP contribution in [0.3, 0.4) is 0 Å². The highest BCUT2D eigenvalue weighted by molar-refractivity contribution is 5.98. The SMILES string of the molecule is C=C(CC)C(=O)OC(=O)C=CC.[MgH2].[MgH2]. The lowest BCUT2D eigenvalue weighted by Gasteiger charge is -1.99. The van der Waals surface area contributed by atoms with E-state index in [4.69, 9.17) is 0 Å². The fourth-order valence-electron chi connectivity index (χ4n) is 0.478. The third-order valence-corrected chi connectivity index (χ3v) is 1.21. The highest BCUT2D eigenvalue weighted by Gasteiger charge is 2.09. The van der Waals surface area contributed by atoms with E-state index in [-0.39, 0.29) is 46.1 Å².